The van der Waals surface area contributed by atoms with Gasteiger partial charge in [0.05, 0.1) is 28.5 Å². The number of anilines is 1. The van der Waals surface area contributed by atoms with Crippen molar-refractivity contribution in [1.82, 2.24) is 4.98 Å². The molecule has 0 saturated carbocycles. The maximum Gasteiger partial charge on any atom is 0.250 e. The average molecular weight is 421 g/mol. The molecule has 0 aliphatic carbocycles. The average Bonchev–Trinajstić information content (AvgIpc) is 3.02. The van der Waals surface area contributed by atoms with Crippen molar-refractivity contribution in [2.45, 2.75) is 20.0 Å². The molecule has 0 unspecified atom stereocenters. The van der Waals surface area contributed by atoms with Crippen LogP contribution in [0.15, 0.2) is 36.4 Å². The van der Waals surface area contributed by atoms with Crippen LogP contribution in [0, 0.1) is 5.82 Å². The second-order valence-electron chi connectivity index (χ2n) is 6.15. The number of hydrogen-bond acceptors (Lipinski definition) is 5. The van der Waals surface area contributed by atoms with E-state index in [9.17, 15) is 9.18 Å². The highest BCUT2D eigenvalue weighted by molar-refractivity contribution is 7.22. The van der Waals surface area contributed by atoms with Gasteiger partial charge in [-0.3, -0.25) is 10.1 Å². The molecule has 146 valence electrons. The van der Waals surface area contributed by atoms with Gasteiger partial charge in [-0.1, -0.05) is 22.9 Å². The van der Waals surface area contributed by atoms with E-state index in [0.29, 0.717) is 37.4 Å². The Labute approximate surface area is 170 Å². The molecule has 3 aromatic rings. The summed E-state index contributed by atoms with van der Waals surface area (Å²) in [5, 5.41) is 3.46. The second-order valence-corrected chi connectivity index (χ2v) is 7.59. The van der Waals surface area contributed by atoms with Crippen LogP contribution < -0.4 is 14.8 Å². The highest BCUT2D eigenvalue weighted by Crippen LogP contribution is 2.37. The molecule has 1 aromatic heterocycles. The summed E-state index contributed by atoms with van der Waals surface area (Å²) in [5.41, 5.74) is 1.31. The van der Waals surface area contributed by atoms with Crippen molar-refractivity contribution in [1.29, 1.82) is 0 Å². The molecule has 0 atom stereocenters. The van der Waals surface area contributed by atoms with E-state index in [1.54, 1.807) is 24.3 Å². The molecule has 0 aliphatic rings. The van der Waals surface area contributed by atoms with Gasteiger partial charge in [-0.15, -0.1) is 0 Å². The first-order valence-corrected chi connectivity index (χ1v) is 9.64. The van der Waals surface area contributed by atoms with Gasteiger partial charge in [-0.2, -0.15) is 0 Å². The van der Waals surface area contributed by atoms with E-state index in [2.05, 4.69) is 10.3 Å². The van der Waals surface area contributed by atoms with Crippen molar-refractivity contribution < 1.29 is 18.7 Å². The van der Waals surface area contributed by atoms with E-state index in [4.69, 9.17) is 21.1 Å². The number of amides is 1. The summed E-state index contributed by atoms with van der Waals surface area (Å²) < 4.78 is 24.9. The fourth-order valence-corrected chi connectivity index (χ4v) is 3.61. The molecule has 1 heterocycles. The Balaban J connectivity index is 1.74. The number of halogens is 2. The number of rotatable bonds is 6. The maximum absolute atomic E-state index is 13.3. The number of thiazole rings is 1. The number of carbonyl (C=O) groups is 1. The fraction of sp³-hybridized carbons (Fsp3) is 0.200. The Morgan fingerprint density at radius 2 is 2.11 bits per heavy atom. The summed E-state index contributed by atoms with van der Waals surface area (Å²) in [6.07, 6.45) is 2.91. The Kier molecular flexibility index (Phi) is 6.16. The van der Waals surface area contributed by atoms with E-state index < -0.39 is 0 Å². The van der Waals surface area contributed by atoms with E-state index in [0.717, 1.165) is 0 Å². The lowest BCUT2D eigenvalue weighted by Crippen LogP contribution is -2.08. The highest BCUT2D eigenvalue weighted by Gasteiger charge is 2.13. The fourth-order valence-electron chi connectivity index (χ4n) is 2.46. The Morgan fingerprint density at radius 1 is 1.32 bits per heavy atom. The summed E-state index contributed by atoms with van der Waals surface area (Å²) in [6.45, 7) is 3.79. The minimum Gasteiger partial charge on any atom is -0.493 e. The number of nitrogens with zero attached hydrogens (tertiary/aromatic N) is 1. The summed E-state index contributed by atoms with van der Waals surface area (Å²) in [6, 6.07) is 7.70. The van der Waals surface area contributed by atoms with Crippen LogP contribution in [-0.4, -0.2) is 24.1 Å². The van der Waals surface area contributed by atoms with Crippen LogP contribution in [0.5, 0.6) is 11.5 Å². The van der Waals surface area contributed by atoms with Crippen molar-refractivity contribution in [3.63, 3.8) is 0 Å². The number of carbonyl (C=O) groups excluding carboxylic acids is 1. The molecule has 0 fully saturated rings. The molecule has 1 amide bonds. The first kappa shape index (κ1) is 20.1. The Morgan fingerprint density at radius 3 is 2.82 bits per heavy atom. The van der Waals surface area contributed by atoms with Gasteiger partial charge < -0.3 is 9.47 Å². The second kappa shape index (κ2) is 8.58. The molecule has 3 rings (SSSR count). The molecule has 2 aromatic carbocycles. The largest absolute Gasteiger partial charge is 0.493 e. The van der Waals surface area contributed by atoms with Gasteiger partial charge in [0, 0.05) is 6.08 Å². The third-order valence-corrected chi connectivity index (χ3v) is 4.83. The molecular formula is C20H18ClFN2O3S. The van der Waals surface area contributed by atoms with Gasteiger partial charge in [0.25, 0.3) is 0 Å². The van der Waals surface area contributed by atoms with Crippen LogP contribution in [0.3, 0.4) is 0 Å². The first-order valence-electron chi connectivity index (χ1n) is 8.45. The third-order valence-electron chi connectivity index (χ3n) is 3.61. The van der Waals surface area contributed by atoms with Gasteiger partial charge in [0.1, 0.15) is 5.82 Å². The zero-order valence-corrected chi connectivity index (χ0v) is 17.0. The molecular weight excluding hydrogens is 403 g/mol. The van der Waals surface area contributed by atoms with Crippen LogP contribution in [-0.2, 0) is 4.79 Å². The number of benzene rings is 2. The highest BCUT2D eigenvalue weighted by atomic mass is 35.5. The van der Waals surface area contributed by atoms with Crippen LogP contribution >= 0.6 is 22.9 Å². The van der Waals surface area contributed by atoms with Crippen molar-refractivity contribution in [3.8, 4) is 11.5 Å². The van der Waals surface area contributed by atoms with Crippen LogP contribution in [0.2, 0.25) is 5.02 Å². The van der Waals surface area contributed by atoms with Crippen molar-refractivity contribution in [3.05, 3.63) is 52.8 Å². The van der Waals surface area contributed by atoms with Crippen molar-refractivity contribution in [2.24, 2.45) is 0 Å². The van der Waals surface area contributed by atoms with E-state index in [1.807, 2.05) is 13.8 Å². The lowest BCUT2D eigenvalue weighted by Gasteiger charge is -2.15. The predicted molar refractivity (Wildman–Crippen MR) is 111 cm³/mol. The molecule has 0 radical (unpaired) electrons. The van der Waals surface area contributed by atoms with Crippen LogP contribution in [0.1, 0.15) is 19.4 Å². The Hall–Kier alpha value is -2.64. The third kappa shape index (κ3) is 4.79. The minimum atomic E-state index is -0.364. The summed E-state index contributed by atoms with van der Waals surface area (Å²) >= 11 is 7.48. The monoisotopic (exact) mass is 420 g/mol. The zero-order chi connectivity index (χ0) is 20.3. The normalized spacial score (nSPS) is 11.4. The van der Waals surface area contributed by atoms with Gasteiger partial charge in [0.2, 0.25) is 5.91 Å². The molecule has 0 aliphatic heterocycles. The van der Waals surface area contributed by atoms with Crippen LogP contribution in [0.25, 0.3) is 16.3 Å². The number of nitrogens with one attached hydrogen (secondary N) is 1. The Bertz CT molecular complexity index is 1050. The molecule has 5 nitrogen and oxygen atoms in total. The topological polar surface area (TPSA) is 60.5 Å². The molecule has 0 spiro atoms. The standard InChI is InChI=1S/C20H18ClFN2O3S/c1-11(2)27-19-14(21)8-12(9-16(19)26-3)4-7-18(25)24-20-23-15-6-5-13(22)10-17(15)28-20/h4-11H,1-3H3,(H,23,24,25). The number of aromatic nitrogens is 1. The first-order chi connectivity index (χ1) is 13.4. The van der Waals surface area contributed by atoms with Gasteiger partial charge in [-0.25, -0.2) is 9.37 Å². The van der Waals surface area contributed by atoms with Crippen LogP contribution in [0.4, 0.5) is 9.52 Å². The lowest BCUT2D eigenvalue weighted by atomic mass is 10.2. The number of fused-ring (bicyclic) bond motifs is 1. The van der Waals surface area contributed by atoms with Gasteiger partial charge in [-0.05, 0) is 55.8 Å². The summed E-state index contributed by atoms with van der Waals surface area (Å²) in [4.78, 5) is 16.4. The molecule has 8 heteroatoms. The summed E-state index contributed by atoms with van der Waals surface area (Å²) in [5.74, 6) is 0.235. The summed E-state index contributed by atoms with van der Waals surface area (Å²) in [7, 11) is 1.52. The molecule has 1 N–H and O–H groups in total. The number of hydrogen-bond donors (Lipinski definition) is 1. The maximum atomic E-state index is 13.3. The van der Waals surface area contributed by atoms with E-state index >= 15 is 0 Å². The van der Waals surface area contributed by atoms with E-state index in [1.165, 1.54) is 36.7 Å². The van der Waals surface area contributed by atoms with Crippen molar-refractivity contribution >= 4 is 50.3 Å². The predicted octanol–water partition coefficient (Wildman–Crippen LogP) is 5.54. The molecule has 28 heavy (non-hydrogen) atoms. The van der Waals surface area contributed by atoms with Crippen molar-refractivity contribution in [2.75, 3.05) is 12.4 Å². The van der Waals surface area contributed by atoms with Gasteiger partial charge >= 0.3 is 0 Å². The molecule has 0 bridgehead atoms. The number of methoxy groups -OCH3 is 1. The SMILES string of the molecule is COc1cc(C=CC(=O)Nc2nc3ccc(F)cc3s2)cc(Cl)c1OC(C)C. The van der Waals surface area contributed by atoms with Gasteiger partial charge in [0.15, 0.2) is 16.6 Å². The van der Waals surface area contributed by atoms with E-state index in [-0.39, 0.29) is 17.8 Å². The lowest BCUT2D eigenvalue weighted by molar-refractivity contribution is -0.111. The smallest absolute Gasteiger partial charge is 0.250 e. The number of ether oxygens (including phenoxy) is 2. The zero-order valence-electron chi connectivity index (χ0n) is 15.5. The minimum absolute atomic E-state index is 0.0548. The molecule has 0 saturated heterocycles. The quantitative estimate of drug-likeness (QED) is 0.532.